The van der Waals surface area contributed by atoms with Gasteiger partial charge in [-0.1, -0.05) is 18.7 Å². The lowest BCUT2D eigenvalue weighted by molar-refractivity contribution is 0.202. The second-order valence-electron chi connectivity index (χ2n) is 2.94. The summed E-state index contributed by atoms with van der Waals surface area (Å²) in [6.07, 6.45) is 0. The minimum Gasteiger partial charge on any atom is -0.494 e. The first-order valence-electron chi connectivity index (χ1n) is 4.27. The highest BCUT2D eigenvalue weighted by atomic mass is 16.5. The van der Waals surface area contributed by atoms with Crippen molar-refractivity contribution in [2.24, 2.45) is 0 Å². The second-order valence-corrected chi connectivity index (χ2v) is 2.94. The van der Waals surface area contributed by atoms with Crippen molar-refractivity contribution in [3.63, 3.8) is 0 Å². The van der Waals surface area contributed by atoms with Crippen molar-refractivity contribution in [2.75, 3.05) is 12.4 Å². The fraction of sp³-hybridized carbons (Fsp3) is 0.273. The van der Waals surface area contributed by atoms with E-state index in [1.807, 2.05) is 38.2 Å². The average molecular weight is 177 g/mol. The molecule has 1 N–H and O–H groups in total. The normalized spacial score (nSPS) is 9.38. The summed E-state index contributed by atoms with van der Waals surface area (Å²) < 4.78 is 5.29. The molecule has 0 radical (unpaired) electrons. The number of nitrogens with one attached hydrogen (secondary N) is 1. The van der Waals surface area contributed by atoms with Crippen molar-refractivity contribution < 1.29 is 4.74 Å². The van der Waals surface area contributed by atoms with E-state index in [1.54, 1.807) is 0 Å². The zero-order valence-corrected chi connectivity index (χ0v) is 8.13. The summed E-state index contributed by atoms with van der Waals surface area (Å²) in [5, 5.41) is 3.06. The number of benzene rings is 1. The van der Waals surface area contributed by atoms with Crippen molar-refractivity contribution in [3.8, 4) is 0 Å². The molecule has 1 aromatic rings. The Balaban J connectivity index is 2.54. The molecule has 0 spiro atoms. The first-order chi connectivity index (χ1) is 6.22. The molecule has 0 aromatic heterocycles. The molecule has 0 saturated heterocycles. The zero-order valence-electron chi connectivity index (χ0n) is 8.13. The molecule has 2 heteroatoms. The number of hydrogen-bond donors (Lipinski definition) is 1. The van der Waals surface area contributed by atoms with Crippen LogP contribution in [0, 0.1) is 0 Å². The smallest absolute Gasteiger partial charge is 0.113 e. The number of hydrogen-bond acceptors (Lipinski definition) is 2. The Morgan fingerprint density at radius 1 is 1.38 bits per heavy atom. The van der Waals surface area contributed by atoms with Crippen LogP contribution in [0.15, 0.2) is 36.6 Å². The molecule has 0 aliphatic carbocycles. The third-order valence-electron chi connectivity index (χ3n) is 1.73. The van der Waals surface area contributed by atoms with E-state index in [4.69, 9.17) is 4.74 Å². The summed E-state index contributed by atoms with van der Waals surface area (Å²) in [5.41, 5.74) is 2.26. The van der Waals surface area contributed by atoms with E-state index in [0.29, 0.717) is 6.61 Å². The van der Waals surface area contributed by atoms with Gasteiger partial charge in [0.05, 0.1) is 5.76 Å². The lowest BCUT2D eigenvalue weighted by atomic mass is 10.2. The Morgan fingerprint density at radius 3 is 2.46 bits per heavy atom. The maximum atomic E-state index is 5.29. The molecule has 0 amide bonds. The molecule has 0 bridgehead atoms. The summed E-state index contributed by atoms with van der Waals surface area (Å²) >= 11 is 0. The standard InChI is InChI=1S/C11H15NO/c1-9(2)13-8-10-4-6-11(12-3)7-5-10/h4-7,12H,1,8H2,2-3H3. The van der Waals surface area contributed by atoms with Crippen LogP contribution in [0.1, 0.15) is 12.5 Å². The molecule has 13 heavy (non-hydrogen) atoms. The van der Waals surface area contributed by atoms with E-state index >= 15 is 0 Å². The zero-order chi connectivity index (χ0) is 9.68. The van der Waals surface area contributed by atoms with Gasteiger partial charge in [-0.05, 0) is 24.6 Å². The minimum atomic E-state index is 0.597. The van der Waals surface area contributed by atoms with E-state index in [9.17, 15) is 0 Å². The van der Waals surface area contributed by atoms with Gasteiger partial charge in [0, 0.05) is 12.7 Å². The van der Waals surface area contributed by atoms with Crippen LogP contribution in [-0.4, -0.2) is 7.05 Å². The van der Waals surface area contributed by atoms with E-state index in [-0.39, 0.29) is 0 Å². The van der Waals surface area contributed by atoms with E-state index in [0.717, 1.165) is 17.0 Å². The summed E-state index contributed by atoms with van der Waals surface area (Å²) in [7, 11) is 1.90. The Labute approximate surface area is 79.2 Å². The minimum absolute atomic E-state index is 0.597. The van der Waals surface area contributed by atoms with Crippen LogP contribution in [0.3, 0.4) is 0 Å². The lowest BCUT2D eigenvalue weighted by Gasteiger charge is -2.05. The molecular formula is C11H15NO. The van der Waals surface area contributed by atoms with E-state index in [1.165, 1.54) is 0 Å². The van der Waals surface area contributed by atoms with E-state index in [2.05, 4.69) is 11.9 Å². The highest BCUT2D eigenvalue weighted by Gasteiger charge is 1.93. The molecule has 1 aromatic carbocycles. The van der Waals surface area contributed by atoms with Crippen molar-refractivity contribution >= 4 is 5.69 Å². The van der Waals surface area contributed by atoms with Gasteiger partial charge in [0.2, 0.25) is 0 Å². The monoisotopic (exact) mass is 177 g/mol. The van der Waals surface area contributed by atoms with Gasteiger partial charge in [-0.15, -0.1) is 0 Å². The SMILES string of the molecule is C=C(C)OCc1ccc(NC)cc1. The van der Waals surface area contributed by atoms with Crippen LogP contribution in [0.2, 0.25) is 0 Å². The Morgan fingerprint density at radius 2 is 2.00 bits per heavy atom. The molecule has 0 saturated carbocycles. The predicted octanol–water partition coefficient (Wildman–Crippen LogP) is 2.78. The van der Waals surface area contributed by atoms with Crippen molar-refractivity contribution in [1.82, 2.24) is 0 Å². The van der Waals surface area contributed by atoms with Crippen LogP contribution in [-0.2, 0) is 11.3 Å². The molecule has 0 fully saturated rings. The van der Waals surface area contributed by atoms with Gasteiger partial charge in [-0.25, -0.2) is 0 Å². The highest BCUT2D eigenvalue weighted by Crippen LogP contribution is 2.10. The average Bonchev–Trinajstić information content (AvgIpc) is 2.15. The summed E-state index contributed by atoms with van der Waals surface area (Å²) in [4.78, 5) is 0. The summed E-state index contributed by atoms with van der Waals surface area (Å²) in [5.74, 6) is 0.748. The second kappa shape index (κ2) is 4.55. The summed E-state index contributed by atoms with van der Waals surface area (Å²) in [6, 6.07) is 8.12. The van der Waals surface area contributed by atoms with Crippen LogP contribution < -0.4 is 5.32 Å². The molecule has 0 aliphatic rings. The van der Waals surface area contributed by atoms with Gasteiger partial charge in [-0.2, -0.15) is 0 Å². The van der Waals surface area contributed by atoms with Gasteiger partial charge >= 0.3 is 0 Å². The maximum absolute atomic E-state index is 5.29. The molecular weight excluding hydrogens is 162 g/mol. The van der Waals surface area contributed by atoms with Crippen LogP contribution in [0.25, 0.3) is 0 Å². The maximum Gasteiger partial charge on any atom is 0.113 e. The van der Waals surface area contributed by atoms with Crippen LogP contribution in [0.5, 0.6) is 0 Å². The third kappa shape index (κ3) is 3.20. The summed E-state index contributed by atoms with van der Waals surface area (Å²) in [6.45, 7) is 6.12. The molecule has 2 nitrogen and oxygen atoms in total. The van der Waals surface area contributed by atoms with Gasteiger partial charge < -0.3 is 10.1 Å². The lowest BCUT2D eigenvalue weighted by Crippen LogP contribution is -1.91. The topological polar surface area (TPSA) is 21.3 Å². The molecule has 0 heterocycles. The first-order valence-corrected chi connectivity index (χ1v) is 4.27. The molecule has 1 rings (SSSR count). The van der Waals surface area contributed by atoms with Crippen molar-refractivity contribution in [3.05, 3.63) is 42.2 Å². The molecule has 70 valence electrons. The Kier molecular flexibility index (Phi) is 3.38. The predicted molar refractivity (Wildman–Crippen MR) is 55.6 cm³/mol. The van der Waals surface area contributed by atoms with Gasteiger partial charge in [0.25, 0.3) is 0 Å². The quantitative estimate of drug-likeness (QED) is 0.714. The van der Waals surface area contributed by atoms with Crippen LogP contribution >= 0.6 is 0 Å². The van der Waals surface area contributed by atoms with Gasteiger partial charge in [-0.3, -0.25) is 0 Å². The Bertz CT molecular complexity index is 277. The number of allylic oxidation sites excluding steroid dienone is 1. The molecule has 0 aliphatic heterocycles. The number of rotatable bonds is 4. The highest BCUT2D eigenvalue weighted by molar-refractivity contribution is 5.43. The largest absolute Gasteiger partial charge is 0.494 e. The Hall–Kier alpha value is -1.44. The van der Waals surface area contributed by atoms with Gasteiger partial charge in [0.1, 0.15) is 6.61 Å². The fourth-order valence-electron chi connectivity index (χ4n) is 0.974. The van der Waals surface area contributed by atoms with Crippen molar-refractivity contribution in [1.29, 1.82) is 0 Å². The van der Waals surface area contributed by atoms with Gasteiger partial charge in [0.15, 0.2) is 0 Å². The first kappa shape index (κ1) is 9.65. The molecule has 0 atom stereocenters. The number of ether oxygens (including phenoxy) is 1. The van der Waals surface area contributed by atoms with Crippen LogP contribution in [0.4, 0.5) is 5.69 Å². The molecule has 0 unspecified atom stereocenters. The van der Waals surface area contributed by atoms with E-state index < -0.39 is 0 Å². The third-order valence-corrected chi connectivity index (χ3v) is 1.73. The van der Waals surface area contributed by atoms with Crippen molar-refractivity contribution in [2.45, 2.75) is 13.5 Å². The fourth-order valence-corrected chi connectivity index (χ4v) is 0.974. The number of anilines is 1.